The minimum absolute atomic E-state index is 0.0351. The minimum Gasteiger partial charge on any atom is -0.493 e. The highest BCUT2D eigenvalue weighted by Crippen LogP contribution is 2.37. The number of aromatic nitrogens is 1. The van der Waals surface area contributed by atoms with Gasteiger partial charge in [-0.2, -0.15) is 0 Å². The number of nitrogens with zero attached hydrogens (tertiary/aromatic N) is 3. The van der Waals surface area contributed by atoms with E-state index in [9.17, 15) is 14.7 Å². The molecule has 2 fully saturated rings. The van der Waals surface area contributed by atoms with Gasteiger partial charge in [0.15, 0.2) is 0 Å². The van der Waals surface area contributed by atoms with Crippen LogP contribution in [0.15, 0.2) is 30.5 Å². The SMILES string of the molecule is Cc1cc(OCC2(CC(=O)N3CCC(O)CC3)CCCN(C(=O)c3ccc(Cl)cn3)C2)cc(C)c1Cl. The van der Waals surface area contributed by atoms with Crippen LogP contribution in [0.1, 0.15) is 53.7 Å². The average Bonchev–Trinajstić information content (AvgIpc) is 2.86. The first-order valence-electron chi connectivity index (χ1n) is 12.4. The van der Waals surface area contributed by atoms with Gasteiger partial charge in [0.1, 0.15) is 11.4 Å². The average molecular weight is 534 g/mol. The highest BCUT2D eigenvalue weighted by Gasteiger charge is 2.41. The summed E-state index contributed by atoms with van der Waals surface area (Å²) in [5.74, 6) is 0.556. The Balaban J connectivity index is 1.55. The van der Waals surface area contributed by atoms with Crippen LogP contribution in [-0.4, -0.2) is 70.6 Å². The molecule has 0 spiro atoms. The number of carbonyl (C=O) groups excluding carboxylic acids is 2. The molecule has 1 aromatic heterocycles. The van der Waals surface area contributed by atoms with E-state index in [-0.39, 0.29) is 24.3 Å². The molecule has 0 radical (unpaired) electrons. The number of benzene rings is 1. The summed E-state index contributed by atoms with van der Waals surface area (Å²) in [6.07, 6.45) is 4.08. The number of aliphatic hydroxyl groups is 1. The van der Waals surface area contributed by atoms with Gasteiger partial charge in [0.05, 0.1) is 17.7 Å². The van der Waals surface area contributed by atoms with Crippen LogP contribution in [0.5, 0.6) is 5.75 Å². The van der Waals surface area contributed by atoms with Crippen molar-refractivity contribution in [1.29, 1.82) is 0 Å². The molecule has 9 heteroatoms. The number of halogens is 2. The van der Waals surface area contributed by atoms with Gasteiger partial charge in [-0.15, -0.1) is 0 Å². The third-order valence-corrected chi connectivity index (χ3v) is 8.01. The summed E-state index contributed by atoms with van der Waals surface area (Å²) in [6.45, 7) is 6.25. The maximum atomic E-state index is 13.4. The van der Waals surface area contributed by atoms with Crippen LogP contribution < -0.4 is 4.74 Å². The molecule has 2 saturated heterocycles. The Morgan fingerprint density at radius 1 is 1.11 bits per heavy atom. The van der Waals surface area contributed by atoms with Gasteiger partial charge in [0.2, 0.25) is 5.91 Å². The molecule has 2 aromatic rings. The highest BCUT2D eigenvalue weighted by atomic mass is 35.5. The van der Waals surface area contributed by atoms with Gasteiger partial charge in [-0.3, -0.25) is 9.59 Å². The van der Waals surface area contributed by atoms with Crippen molar-refractivity contribution < 1.29 is 19.4 Å². The molecule has 7 nitrogen and oxygen atoms in total. The summed E-state index contributed by atoms with van der Waals surface area (Å²) in [5, 5.41) is 11.0. The summed E-state index contributed by atoms with van der Waals surface area (Å²) >= 11 is 12.3. The second-order valence-corrected chi connectivity index (χ2v) is 11.0. The number of aryl methyl sites for hydroxylation is 2. The van der Waals surface area contributed by atoms with Crippen LogP contribution in [0.25, 0.3) is 0 Å². The Kier molecular flexibility index (Phi) is 8.43. The van der Waals surface area contributed by atoms with E-state index in [1.807, 2.05) is 30.9 Å². The molecule has 0 saturated carbocycles. The fraction of sp³-hybridized carbons (Fsp3) is 0.519. The maximum absolute atomic E-state index is 13.4. The second kappa shape index (κ2) is 11.4. The number of likely N-dealkylation sites (tertiary alicyclic amines) is 2. The van der Waals surface area contributed by atoms with Crippen LogP contribution in [0, 0.1) is 19.3 Å². The summed E-state index contributed by atoms with van der Waals surface area (Å²) in [6, 6.07) is 7.09. The summed E-state index contributed by atoms with van der Waals surface area (Å²) in [7, 11) is 0. The smallest absolute Gasteiger partial charge is 0.272 e. The number of piperidine rings is 2. The zero-order valence-corrected chi connectivity index (χ0v) is 22.3. The van der Waals surface area contributed by atoms with Crippen molar-refractivity contribution in [2.75, 3.05) is 32.8 Å². The molecule has 0 bridgehead atoms. The van der Waals surface area contributed by atoms with E-state index < -0.39 is 5.41 Å². The summed E-state index contributed by atoms with van der Waals surface area (Å²) in [5.41, 5.74) is 1.64. The largest absolute Gasteiger partial charge is 0.493 e. The van der Waals surface area contributed by atoms with Crippen LogP contribution in [0.2, 0.25) is 10.0 Å². The fourth-order valence-electron chi connectivity index (χ4n) is 5.13. The standard InChI is InChI=1S/C27H33Cl2N3O4/c1-18-12-22(13-19(2)25(18)29)36-17-27(14-24(34)31-10-6-21(33)7-11-31)8-3-9-32(16-27)26(35)23-5-4-20(28)15-30-23/h4-5,12-13,15,21,33H,3,6-11,14,16-17H2,1-2H3. The number of aliphatic hydroxyl groups excluding tert-OH is 1. The number of ether oxygens (including phenoxy) is 1. The van der Waals surface area contributed by atoms with Gasteiger partial charge in [-0.05, 0) is 74.9 Å². The molecule has 1 aromatic carbocycles. The van der Waals surface area contributed by atoms with E-state index >= 15 is 0 Å². The molecule has 0 aliphatic carbocycles. The first kappa shape index (κ1) is 26.7. The van der Waals surface area contributed by atoms with E-state index in [0.29, 0.717) is 67.1 Å². The number of rotatable bonds is 6. The lowest BCUT2D eigenvalue weighted by molar-refractivity contribution is -0.137. The Labute approximate surface area is 222 Å². The van der Waals surface area contributed by atoms with E-state index in [0.717, 1.165) is 24.0 Å². The molecule has 1 atom stereocenters. The van der Waals surface area contributed by atoms with Crippen molar-refractivity contribution in [2.45, 2.75) is 52.1 Å². The van der Waals surface area contributed by atoms with Gasteiger partial charge in [-0.1, -0.05) is 23.2 Å². The van der Waals surface area contributed by atoms with Crippen molar-refractivity contribution in [1.82, 2.24) is 14.8 Å². The first-order valence-corrected chi connectivity index (χ1v) is 13.2. The predicted octanol–water partition coefficient (Wildman–Crippen LogP) is 4.68. The fourth-order valence-corrected chi connectivity index (χ4v) is 5.35. The Bertz CT molecular complexity index is 1080. The molecule has 2 aliphatic heterocycles. The molecule has 36 heavy (non-hydrogen) atoms. The number of carbonyl (C=O) groups is 2. The lowest BCUT2D eigenvalue weighted by Crippen LogP contribution is -2.51. The number of pyridine rings is 1. The third kappa shape index (κ3) is 6.31. The molecule has 2 aliphatic rings. The maximum Gasteiger partial charge on any atom is 0.272 e. The number of amides is 2. The summed E-state index contributed by atoms with van der Waals surface area (Å²) < 4.78 is 6.28. The quantitative estimate of drug-likeness (QED) is 0.582. The molecule has 194 valence electrons. The first-order chi connectivity index (χ1) is 17.2. The Morgan fingerprint density at radius 3 is 2.44 bits per heavy atom. The minimum atomic E-state index is -0.547. The lowest BCUT2D eigenvalue weighted by Gasteiger charge is -2.43. The van der Waals surface area contributed by atoms with E-state index in [4.69, 9.17) is 27.9 Å². The van der Waals surface area contributed by atoms with Crippen molar-refractivity contribution in [3.63, 3.8) is 0 Å². The van der Waals surface area contributed by atoms with Crippen LogP contribution in [0.3, 0.4) is 0 Å². The van der Waals surface area contributed by atoms with Crippen LogP contribution in [0.4, 0.5) is 0 Å². The molecule has 4 rings (SSSR count). The summed E-state index contributed by atoms with van der Waals surface area (Å²) in [4.78, 5) is 34.4. The van der Waals surface area contributed by atoms with Gasteiger partial charge in [-0.25, -0.2) is 4.98 Å². The zero-order valence-electron chi connectivity index (χ0n) is 20.8. The van der Waals surface area contributed by atoms with Gasteiger partial charge >= 0.3 is 0 Å². The topological polar surface area (TPSA) is 83.0 Å². The van der Waals surface area contributed by atoms with Gasteiger partial charge in [0, 0.05) is 49.2 Å². The number of hydrogen-bond donors (Lipinski definition) is 1. The van der Waals surface area contributed by atoms with Gasteiger partial charge in [0.25, 0.3) is 5.91 Å². The second-order valence-electron chi connectivity index (χ2n) is 10.1. The molecular formula is C27H33Cl2N3O4. The molecule has 3 heterocycles. The molecule has 2 amide bonds. The van der Waals surface area contributed by atoms with Crippen LogP contribution >= 0.6 is 23.2 Å². The highest BCUT2D eigenvalue weighted by molar-refractivity contribution is 6.32. The Morgan fingerprint density at radius 2 is 1.81 bits per heavy atom. The number of hydrogen-bond acceptors (Lipinski definition) is 5. The molecular weight excluding hydrogens is 501 g/mol. The zero-order chi connectivity index (χ0) is 25.9. The van der Waals surface area contributed by atoms with Crippen LogP contribution in [-0.2, 0) is 4.79 Å². The Hall–Kier alpha value is -2.35. The third-order valence-electron chi connectivity index (χ3n) is 7.19. The van der Waals surface area contributed by atoms with Crippen molar-refractivity contribution in [2.24, 2.45) is 5.41 Å². The molecule has 1 unspecified atom stereocenters. The predicted molar refractivity (Wildman–Crippen MR) is 140 cm³/mol. The van der Waals surface area contributed by atoms with E-state index in [2.05, 4.69) is 4.98 Å². The normalized spacial score (nSPS) is 20.9. The van der Waals surface area contributed by atoms with Crippen molar-refractivity contribution in [3.05, 3.63) is 57.3 Å². The van der Waals surface area contributed by atoms with E-state index in [1.165, 1.54) is 6.20 Å². The molecule has 1 N–H and O–H groups in total. The monoisotopic (exact) mass is 533 g/mol. The van der Waals surface area contributed by atoms with Crippen molar-refractivity contribution in [3.8, 4) is 5.75 Å². The van der Waals surface area contributed by atoms with Gasteiger partial charge < -0.3 is 19.6 Å². The lowest BCUT2D eigenvalue weighted by atomic mass is 9.77. The van der Waals surface area contributed by atoms with Crippen molar-refractivity contribution >= 4 is 35.0 Å². The van der Waals surface area contributed by atoms with E-state index in [1.54, 1.807) is 17.0 Å².